The number of esters is 1. The van der Waals surface area contributed by atoms with Crippen LogP contribution in [0.25, 0.3) is 0 Å². The highest BCUT2D eigenvalue weighted by Crippen LogP contribution is 2.38. The Morgan fingerprint density at radius 2 is 1.64 bits per heavy atom. The van der Waals surface area contributed by atoms with Gasteiger partial charge in [0.1, 0.15) is 0 Å². The van der Waals surface area contributed by atoms with Gasteiger partial charge in [0.2, 0.25) is 11.7 Å². The molecule has 0 radical (unpaired) electrons. The van der Waals surface area contributed by atoms with Gasteiger partial charge in [0.15, 0.2) is 11.5 Å². The van der Waals surface area contributed by atoms with Gasteiger partial charge in [0, 0.05) is 19.4 Å². The van der Waals surface area contributed by atoms with Crippen molar-refractivity contribution in [2.24, 2.45) is 0 Å². The summed E-state index contributed by atoms with van der Waals surface area (Å²) in [6, 6.07) is 3.66. The van der Waals surface area contributed by atoms with Crippen LogP contribution in [-0.2, 0) is 20.7 Å². The Labute approximate surface area is 148 Å². The summed E-state index contributed by atoms with van der Waals surface area (Å²) in [4.78, 5) is 23.1. The van der Waals surface area contributed by atoms with Crippen LogP contribution in [0.4, 0.5) is 0 Å². The van der Waals surface area contributed by atoms with Crippen LogP contribution in [0.15, 0.2) is 12.1 Å². The summed E-state index contributed by atoms with van der Waals surface area (Å²) < 4.78 is 20.7. The van der Waals surface area contributed by atoms with Crippen molar-refractivity contribution in [2.45, 2.75) is 32.6 Å². The standard InChI is InChI=1S/C18H27NO6/c1-5-25-17(21)7-6-10-19-16(20)9-8-13-11-14(22-2)18(24-4)15(12-13)23-3/h11-12H,5-10H2,1-4H3,(H,19,20). The summed E-state index contributed by atoms with van der Waals surface area (Å²) in [5.74, 6) is 1.34. The maximum absolute atomic E-state index is 11.9. The van der Waals surface area contributed by atoms with Gasteiger partial charge >= 0.3 is 5.97 Å². The number of carbonyl (C=O) groups excluding carboxylic acids is 2. The molecule has 0 aliphatic carbocycles. The van der Waals surface area contributed by atoms with Crippen LogP contribution >= 0.6 is 0 Å². The third kappa shape index (κ3) is 6.91. The maximum Gasteiger partial charge on any atom is 0.305 e. The topological polar surface area (TPSA) is 83.1 Å². The molecule has 7 nitrogen and oxygen atoms in total. The zero-order valence-corrected chi connectivity index (χ0v) is 15.3. The van der Waals surface area contributed by atoms with E-state index in [1.807, 2.05) is 12.1 Å². The first-order chi connectivity index (χ1) is 12.0. The zero-order valence-electron chi connectivity index (χ0n) is 15.3. The highest BCUT2D eigenvalue weighted by atomic mass is 16.5. The normalized spacial score (nSPS) is 10.1. The number of hydrogen-bond donors (Lipinski definition) is 1. The number of rotatable bonds is 11. The minimum atomic E-state index is -0.242. The predicted molar refractivity (Wildman–Crippen MR) is 93.3 cm³/mol. The molecular weight excluding hydrogens is 326 g/mol. The number of hydrogen-bond acceptors (Lipinski definition) is 6. The molecule has 140 valence electrons. The lowest BCUT2D eigenvalue weighted by Crippen LogP contribution is -2.25. The predicted octanol–water partition coefficient (Wildman–Crippen LogP) is 2.10. The molecule has 25 heavy (non-hydrogen) atoms. The fraction of sp³-hybridized carbons (Fsp3) is 0.556. The molecule has 1 rings (SSSR count). The van der Waals surface area contributed by atoms with Gasteiger partial charge in [0.05, 0.1) is 27.9 Å². The average Bonchev–Trinajstić information content (AvgIpc) is 2.62. The average molecular weight is 353 g/mol. The molecule has 0 heterocycles. The third-order valence-electron chi connectivity index (χ3n) is 3.55. The van der Waals surface area contributed by atoms with E-state index in [9.17, 15) is 9.59 Å². The van der Waals surface area contributed by atoms with Gasteiger partial charge in [-0.2, -0.15) is 0 Å². The maximum atomic E-state index is 11.9. The van der Waals surface area contributed by atoms with Crippen molar-refractivity contribution < 1.29 is 28.5 Å². The van der Waals surface area contributed by atoms with Gasteiger partial charge in [-0.05, 0) is 37.5 Å². The van der Waals surface area contributed by atoms with Crippen molar-refractivity contribution in [3.8, 4) is 17.2 Å². The molecular formula is C18H27NO6. The largest absolute Gasteiger partial charge is 0.493 e. The Morgan fingerprint density at radius 1 is 1.00 bits per heavy atom. The van der Waals surface area contributed by atoms with E-state index in [1.165, 1.54) is 0 Å². The first-order valence-electron chi connectivity index (χ1n) is 8.26. The van der Waals surface area contributed by atoms with Crippen molar-refractivity contribution in [2.75, 3.05) is 34.5 Å². The van der Waals surface area contributed by atoms with Crippen molar-refractivity contribution in [3.63, 3.8) is 0 Å². The number of aryl methyl sites for hydroxylation is 1. The van der Waals surface area contributed by atoms with E-state index in [0.717, 1.165) is 5.56 Å². The molecule has 1 aromatic rings. The number of carbonyl (C=O) groups is 2. The van der Waals surface area contributed by atoms with E-state index in [0.29, 0.717) is 56.1 Å². The Bertz CT molecular complexity index is 548. The minimum Gasteiger partial charge on any atom is -0.493 e. The summed E-state index contributed by atoms with van der Waals surface area (Å²) >= 11 is 0. The van der Waals surface area contributed by atoms with Gasteiger partial charge in [-0.1, -0.05) is 0 Å². The van der Waals surface area contributed by atoms with Crippen LogP contribution in [0, 0.1) is 0 Å². The van der Waals surface area contributed by atoms with Crippen molar-refractivity contribution in [1.82, 2.24) is 5.32 Å². The molecule has 0 saturated carbocycles. The molecule has 0 bridgehead atoms. The first kappa shape index (κ1) is 20.6. The number of benzene rings is 1. The highest BCUT2D eigenvalue weighted by Gasteiger charge is 2.13. The fourth-order valence-electron chi connectivity index (χ4n) is 2.32. The summed E-state index contributed by atoms with van der Waals surface area (Å²) in [6.07, 6.45) is 1.74. The second-order valence-electron chi connectivity index (χ2n) is 5.29. The SMILES string of the molecule is CCOC(=O)CCCNC(=O)CCc1cc(OC)c(OC)c(OC)c1. The monoisotopic (exact) mass is 353 g/mol. The number of ether oxygens (including phenoxy) is 4. The quantitative estimate of drug-likeness (QED) is 0.485. The second kappa shape index (κ2) is 11.2. The van der Waals surface area contributed by atoms with E-state index in [1.54, 1.807) is 28.3 Å². The van der Waals surface area contributed by atoms with Crippen molar-refractivity contribution in [3.05, 3.63) is 17.7 Å². The molecule has 1 aromatic carbocycles. The molecule has 0 aromatic heterocycles. The van der Waals surface area contributed by atoms with Crippen LogP contribution in [0.5, 0.6) is 17.2 Å². The van der Waals surface area contributed by atoms with Gasteiger partial charge in [-0.25, -0.2) is 0 Å². The lowest BCUT2D eigenvalue weighted by Gasteiger charge is -2.14. The summed E-state index contributed by atoms with van der Waals surface area (Å²) in [5, 5.41) is 2.80. The van der Waals surface area contributed by atoms with E-state index in [-0.39, 0.29) is 11.9 Å². The van der Waals surface area contributed by atoms with Crippen LogP contribution in [0.1, 0.15) is 31.7 Å². The number of nitrogens with one attached hydrogen (secondary N) is 1. The molecule has 0 atom stereocenters. The molecule has 0 aliphatic rings. The summed E-state index contributed by atoms with van der Waals surface area (Å²) in [6.45, 7) is 2.59. The van der Waals surface area contributed by atoms with E-state index < -0.39 is 0 Å². The Morgan fingerprint density at radius 3 is 2.16 bits per heavy atom. The van der Waals surface area contributed by atoms with Gasteiger partial charge in [0.25, 0.3) is 0 Å². The molecule has 0 spiro atoms. The molecule has 0 unspecified atom stereocenters. The highest BCUT2D eigenvalue weighted by molar-refractivity contribution is 5.76. The first-order valence-corrected chi connectivity index (χ1v) is 8.26. The smallest absolute Gasteiger partial charge is 0.305 e. The van der Waals surface area contributed by atoms with E-state index in [4.69, 9.17) is 18.9 Å². The van der Waals surface area contributed by atoms with Gasteiger partial charge in [-0.3, -0.25) is 9.59 Å². The van der Waals surface area contributed by atoms with Crippen LogP contribution in [0.3, 0.4) is 0 Å². The Balaban J connectivity index is 2.46. The lowest BCUT2D eigenvalue weighted by atomic mass is 10.1. The number of amides is 1. The van der Waals surface area contributed by atoms with Gasteiger partial charge in [-0.15, -0.1) is 0 Å². The fourth-order valence-corrected chi connectivity index (χ4v) is 2.32. The second-order valence-corrected chi connectivity index (χ2v) is 5.29. The third-order valence-corrected chi connectivity index (χ3v) is 3.55. The Kier molecular flexibility index (Phi) is 9.21. The summed E-state index contributed by atoms with van der Waals surface area (Å²) in [5.41, 5.74) is 0.913. The molecule has 1 N–H and O–H groups in total. The molecule has 0 fully saturated rings. The van der Waals surface area contributed by atoms with Crippen LogP contribution < -0.4 is 19.5 Å². The molecule has 7 heteroatoms. The van der Waals surface area contributed by atoms with E-state index in [2.05, 4.69) is 5.32 Å². The van der Waals surface area contributed by atoms with Crippen molar-refractivity contribution >= 4 is 11.9 Å². The van der Waals surface area contributed by atoms with E-state index >= 15 is 0 Å². The van der Waals surface area contributed by atoms with Crippen LogP contribution in [-0.4, -0.2) is 46.4 Å². The van der Waals surface area contributed by atoms with Gasteiger partial charge < -0.3 is 24.3 Å². The van der Waals surface area contributed by atoms with Crippen LogP contribution in [0.2, 0.25) is 0 Å². The molecule has 1 amide bonds. The lowest BCUT2D eigenvalue weighted by molar-refractivity contribution is -0.143. The summed E-state index contributed by atoms with van der Waals surface area (Å²) in [7, 11) is 4.65. The Hall–Kier alpha value is -2.44. The zero-order chi connectivity index (χ0) is 18.7. The molecule has 0 aliphatic heterocycles. The number of methoxy groups -OCH3 is 3. The minimum absolute atomic E-state index is 0.0717. The molecule has 0 saturated heterocycles. The van der Waals surface area contributed by atoms with Crippen molar-refractivity contribution in [1.29, 1.82) is 0 Å².